The molecular formula is C26H24ClN3O3. The Morgan fingerprint density at radius 3 is 2.45 bits per heavy atom. The normalized spacial score (nSPS) is 11.6. The Morgan fingerprint density at radius 1 is 1.06 bits per heavy atom. The summed E-state index contributed by atoms with van der Waals surface area (Å²) in [5, 5.41) is 3.45. The molecule has 0 radical (unpaired) electrons. The minimum Gasteiger partial charge on any atom is -0.497 e. The quantitative estimate of drug-likeness (QED) is 0.399. The van der Waals surface area contributed by atoms with Crippen molar-refractivity contribution < 1.29 is 14.3 Å². The molecule has 0 saturated heterocycles. The molecule has 1 amide bonds. The van der Waals surface area contributed by atoms with Crippen molar-refractivity contribution in [2.75, 3.05) is 13.7 Å². The third-order valence-corrected chi connectivity index (χ3v) is 5.56. The van der Waals surface area contributed by atoms with Gasteiger partial charge in [0.25, 0.3) is 5.91 Å². The predicted molar refractivity (Wildman–Crippen MR) is 129 cm³/mol. The lowest BCUT2D eigenvalue weighted by molar-refractivity contribution is -0.123. The highest BCUT2D eigenvalue weighted by atomic mass is 35.5. The number of aromatic nitrogens is 2. The fraction of sp³-hybridized carbons (Fsp3) is 0.154. The van der Waals surface area contributed by atoms with Crippen molar-refractivity contribution in [2.45, 2.75) is 6.04 Å². The van der Waals surface area contributed by atoms with Gasteiger partial charge in [0.05, 0.1) is 12.1 Å². The molecule has 3 aromatic carbocycles. The van der Waals surface area contributed by atoms with E-state index in [-0.39, 0.29) is 12.5 Å². The second-order valence-corrected chi connectivity index (χ2v) is 7.88. The molecule has 1 atom stereocenters. The molecular weight excluding hydrogens is 438 g/mol. The summed E-state index contributed by atoms with van der Waals surface area (Å²) in [6.45, 7) is -0.179. The number of methoxy groups -OCH3 is 1. The molecule has 0 saturated carbocycles. The molecule has 1 unspecified atom stereocenters. The molecule has 1 N–H and O–H groups in total. The van der Waals surface area contributed by atoms with Crippen LogP contribution in [0.3, 0.4) is 0 Å². The summed E-state index contributed by atoms with van der Waals surface area (Å²) in [7, 11) is 3.50. The van der Waals surface area contributed by atoms with Crippen LogP contribution in [0.1, 0.15) is 17.4 Å². The molecule has 0 bridgehead atoms. The summed E-state index contributed by atoms with van der Waals surface area (Å²) < 4.78 is 12.8. The number of amides is 1. The molecule has 7 heteroatoms. The van der Waals surface area contributed by atoms with Crippen molar-refractivity contribution in [2.24, 2.45) is 7.05 Å². The van der Waals surface area contributed by atoms with Gasteiger partial charge in [-0.3, -0.25) is 4.79 Å². The highest BCUT2D eigenvalue weighted by Gasteiger charge is 2.21. The molecule has 6 nitrogen and oxygen atoms in total. The molecule has 0 spiro atoms. The smallest absolute Gasteiger partial charge is 0.258 e. The average molecular weight is 462 g/mol. The van der Waals surface area contributed by atoms with Crippen molar-refractivity contribution in [3.8, 4) is 22.6 Å². The molecule has 0 fully saturated rings. The van der Waals surface area contributed by atoms with Gasteiger partial charge in [-0.2, -0.15) is 0 Å². The standard InChI is InChI=1S/C26H24ClN3O3/c1-30-15-14-28-26(30)25(19-8-11-21(32-2)12-9-19)29-24(31)17-33-23-13-10-20(16-22(23)27)18-6-4-3-5-7-18/h3-16,25H,17H2,1-2H3,(H,29,31). The number of carbonyl (C=O) groups is 1. The highest BCUT2D eigenvalue weighted by Crippen LogP contribution is 2.30. The zero-order chi connectivity index (χ0) is 23.2. The van der Waals surface area contributed by atoms with E-state index in [1.54, 1.807) is 19.4 Å². The van der Waals surface area contributed by atoms with Crippen molar-refractivity contribution in [1.82, 2.24) is 14.9 Å². The monoisotopic (exact) mass is 461 g/mol. The Balaban J connectivity index is 1.46. The van der Waals surface area contributed by atoms with Gasteiger partial charge in [-0.1, -0.05) is 60.1 Å². The van der Waals surface area contributed by atoms with Crippen LogP contribution in [-0.4, -0.2) is 29.2 Å². The van der Waals surface area contributed by atoms with Crippen molar-refractivity contribution in [1.29, 1.82) is 0 Å². The topological polar surface area (TPSA) is 65.4 Å². The van der Waals surface area contributed by atoms with Gasteiger partial charge in [0.1, 0.15) is 23.4 Å². The average Bonchev–Trinajstić information content (AvgIpc) is 3.28. The lowest BCUT2D eigenvalue weighted by Crippen LogP contribution is -2.34. The van der Waals surface area contributed by atoms with E-state index in [9.17, 15) is 4.79 Å². The molecule has 1 heterocycles. The van der Waals surface area contributed by atoms with Gasteiger partial charge in [-0.25, -0.2) is 4.98 Å². The van der Waals surface area contributed by atoms with Crippen LogP contribution in [0.4, 0.5) is 0 Å². The van der Waals surface area contributed by atoms with E-state index < -0.39 is 6.04 Å². The van der Waals surface area contributed by atoms with Gasteiger partial charge in [0.2, 0.25) is 0 Å². The number of benzene rings is 3. The molecule has 4 rings (SSSR count). The lowest BCUT2D eigenvalue weighted by Gasteiger charge is -2.20. The third kappa shape index (κ3) is 5.35. The molecule has 1 aromatic heterocycles. The molecule has 0 aliphatic heterocycles. The number of nitrogens with one attached hydrogen (secondary N) is 1. The third-order valence-electron chi connectivity index (χ3n) is 5.27. The Hall–Kier alpha value is -3.77. The van der Waals surface area contributed by atoms with Crippen LogP contribution in [0.25, 0.3) is 11.1 Å². The number of rotatable bonds is 8. The Morgan fingerprint density at radius 2 is 1.82 bits per heavy atom. The maximum absolute atomic E-state index is 12.8. The fourth-order valence-electron chi connectivity index (χ4n) is 3.52. The summed E-state index contributed by atoms with van der Waals surface area (Å²) >= 11 is 6.41. The van der Waals surface area contributed by atoms with Crippen LogP contribution in [0, 0.1) is 0 Å². The first-order chi connectivity index (χ1) is 16.0. The summed E-state index contributed by atoms with van der Waals surface area (Å²) in [5.74, 6) is 1.60. The van der Waals surface area contributed by atoms with Gasteiger partial charge in [-0.15, -0.1) is 0 Å². The van der Waals surface area contributed by atoms with Crippen LogP contribution in [0.15, 0.2) is 85.2 Å². The maximum atomic E-state index is 12.8. The van der Waals surface area contributed by atoms with E-state index in [0.29, 0.717) is 16.6 Å². The second-order valence-electron chi connectivity index (χ2n) is 7.47. The van der Waals surface area contributed by atoms with E-state index in [4.69, 9.17) is 21.1 Å². The first-order valence-corrected chi connectivity index (χ1v) is 10.8. The first kappa shape index (κ1) is 22.4. The first-order valence-electron chi connectivity index (χ1n) is 10.4. The predicted octanol–water partition coefficient (Wildman–Crippen LogP) is 5.03. The summed E-state index contributed by atoms with van der Waals surface area (Å²) in [6, 6.07) is 22.5. The van der Waals surface area contributed by atoms with Gasteiger partial charge in [0.15, 0.2) is 6.61 Å². The van der Waals surface area contributed by atoms with Crippen molar-refractivity contribution >= 4 is 17.5 Å². The van der Waals surface area contributed by atoms with E-state index in [1.807, 2.05) is 84.5 Å². The Kier molecular flexibility index (Phi) is 6.95. The van der Waals surface area contributed by atoms with Crippen LogP contribution >= 0.6 is 11.6 Å². The van der Waals surface area contributed by atoms with Gasteiger partial charge >= 0.3 is 0 Å². The minimum absolute atomic E-state index is 0.179. The number of ether oxygens (including phenoxy) is 2. The van der Waals surface area contributed by atoms with E-state index in [2.05, 4.69) is 10.3 Å². The Bertz CT molecular complexity index is 1220. The molecule has 168 valence electrons. The molecule has 33 heavy (non-hydrogen) atoms. The number of aryl methyl sites for hydroxylation is 1. The molecule has 4 aromatic rings. The number of imidazole rings is 1. The fourth-order valence-corrected chi connectivity index (χ4v) is 3.76. The van der Waals surface area contributed by atoms with Crippen molar-refractivity contribution in [3.63, 3.8) is 0 Å². The summed E-state index contributed by atoms with van der Waals surface area (Å²) in [5.41, 5.74) is 2.91. The van der Waals surface area contributed by atoms with E-state index in [1.165, 1.54) is 0 Å². The second kappa shape index (κ2) is 10.2. The van der Waals surface area contributed by atoms with Crippen LogP contribution in [-0.2, 0) is 11.8 Å². The number of hydrogen-bond acceptors (Lipinski definition) is 4. The van der Waals surface area contributed by atoms with Crippen LogP contribution < -0.4 is 14.8 Å². The lowest BCUT2D eigenvalue weighted by atomic mass is 10.1. The Labute approximate surface area is 197 Å². The molecule has 0 aliphatic carbocycles. The largest absolute Gasteiger partial charge is 0.497 e. The van der Waals surface area contributed by atoms with E-state index in [0.717, 1.165) is 22.4 Å². The zero-order valence-electron chi connectivity index (χ0n) is 18.4. The van der Waals surface area contributed by atoms with Crippen molar-refractivity contribution in [3.05, 3.63) is 102 Å². The van der Waals surface area contributed by atoms with Gasteiger partial charge in [-0.05, 0) is 41.0 Å². The van der Waals surface area contributed by atoms with Crippen LogP contribution in [0.2, 0.25) is 5.02 Å². The van der Waals surface area contributed by atoms with Gasteiger partial charge < -0.3 is 19.4 Å². The summed E-state index contributed by atoms with van der Waals surface area (Å²) in [4.78, 5) is 17.2. The van der Waals surface area contributed by atoms with Crippen LogP contribution in [0.5, 0.6) is 11.5 Å². The zero-order valence-corrected chi connectivity index (χ0v) is 19.1. The SMILES string of the molecule is COc1ccc(C(NC(=O)COc2ccc(-c3ccccc3)cc2Cl)c2nccn2C)cc1. The summed E-state index contributed by atoms with van der Waals surface area (Å²) in [6.07, 6.45) is 3.53. The number of nitrogens with zero attached hydrogens (tertiary/aromatic N) is 2. The maximum Gasteiger partial charge on any atom is 0.258 e. The minimum atomic E-state index is -0.442. The highest BCUT2D eigenvalue weighted by molar-refractivity contribution is 6.32. The van der Waals surface area contributed by atoms with E-state index >= 15 is 0 Å². The number of halogens is 1. The number of hydrogen-bond donors (Lipinski definition) is 1. The molecule has 0 aliphatic rings. The van der Waals surface area contributed by atoms with Gasteiger partial charge in [0, 0.05) is 19.4 Å². The number of carbonyl (C=O) groups excluding carboxylic acids is 1.